The molecule has 4 nitrogen and oxygen atoms in total. The van der Waals surface area contributed by atoms with E-state index in [0.717, 1.165) is 6.42 Å². The molecule has 1 fully saturated rings. The lowest BCUT2D eigenvalue weighted by molar-refractivity contribution is -0.131. The smallest absolute Gasteiger partial charge is 0.236 e. The van der Waals surface area contributed by atoms with Crippen molar-refractivity contribution < 1.29 is 9.59 Å². The molecule has 2 N–H and O–H groups in total. The average Bonchev–Trinajstić information content (AvgIpc) is 2.60. The summed E-state index contributed by atoms with van der Waals surface area (Å²) in [4.78, 5) is 24.6. The van der Waals surface area contributed by atoms with Crippen molar-refractivity contribution in [3.05, 3.63) is 0 Å². The van der Waals surface area contributed by atoms with Crippen molar-refractivity contribution in [3.63, 3.8) is 0 Å². The van der Waals surface area contributed by atoms with Crippen LogP contribution in [0.3, 0.4) is 0 Å². The van der Waals surface area contributed by atoms with E-state index in [2.05, 4.69) is 15.9 Å². The number of halogens is 1. The normalized spacial score (nSPS) is 27.8. The molecule has 1 aliphatic heterocycles. The minimum Gasteiger partial charge on any atom is -0.369 e. The molecule has 0 aromatic carbocycles. The SMILES string of the molecule is CCC(Br)C(=O)N1CCC(C)(C(N)=O)C1. The summed E-state index contributed by atoms with van der Waals surface area (Å²) in [6, 6.07) is 0. The number of hydrogen-bond acceptors (Lipinski definition) is 2. The lowest BCUT2D eigenvalue weighted by Gasteiger charge is -2.22. The van der Waals surface area contributed by atoms with E-state index in [1.807, 2.05) is 13.8 Å². The molecule has 0 aromatic rings. The Morgan fingerprint density at radius 2 is 2.20 bits per heavy atom. The summed E-state index contributed by atoms with van der Waals surface area (Å²) < 4.78 is 0. The van der Waals surface area contributed by atoms with Gasteiger partial charge in [0.1, 0.15) is 0 Å². The molecule has 86 valence electrons. The topological polar surface area (TPSA) is 63.4 Å². The first-order chi connectivity index (χ1) is 6.90. The fraction of sp³-hybridized carbons (Fsp3) is 0.800. The molecule has 1 rings (SSSR count). The van der Waals surface area contributed by atoms with Crippen molar-refractivity contribution in [2.75, 3.05) is 13.1 Å². The van der Waals surface area contributed by atoms with Crippen LogP contribution >= 0.6 is 15.9 Å². The van der Waals surface area contributed by atoms with Gasteiger partial charge in [-0.05, 0) is 19.8 Å². The van der Waals surface area contributed by atoms with Gasteiger partial charge in [0, 0.05) is 13.1 Å². The second-order valence-corrected chi connectivity index (χ2v) is 5.42. The van der Waals surface area contributed by atoms with E-state index < -0.39 is 5.41 Å². The minimum atomic E-state index is -0.546. The summed E-state index contributed by atoms with van der Waals surface area (Å²) >= 11 is 3.32. The van der Waals surface area contributed by atoms with Crippen LogP contribution in [0, 0.1) is 5.41 Å². The highest BCUT2D eigenvalue weighted by atomic mass is 79.9. The average molecular weight is 277 g/mol. The zero-order valence-electron chi connectivity index (χ0n) is 9.12. The maximum absolute atomic E-state index is 11.8. The third-order valence-corrected chi connectivity index (χ3v) is 4.05. The number of alkyl halides is 1. The molecule has 2 unspecified atom stereocenters. The number of rotatable bonds is 3. The van der Waals surface area contributed by atoms with Crippen LogP contribution in [0.5, 0.6) is 0 Å². The summed E-state index contributed by atoms with van der Waals surface area (Å²) in [5.74, 6) is -0.261. The van der Waals surface area contributed by atoms with Crippen LogP contribution in [0.25, 0.3) is 0 Å². The molecule has 1 aliphatic rings. The Labute approximate surface area is 98.3 Å². The maximum Gasteiger partial charge on any atom is 0.236 e. The van der Waals surface area contributed by atoms with Crippen molar-refractivity contribution in [1.82, 2.24) is 4.90 Å². The van der Waals surface area contributed by atoms with Crippen LogP contribution in [-0.4, -0.2) is 34.6 Å². The number of nitrogens with two attached hydrogens (primary N) is 1. The van der Waals surface area contributed by atoms with Crippen LogP contribution < -0.4 is 5.73 Å². The number of carbonyl (C=O) groups is 2. The molecule has 1 heterocycles. The Morgan fingerprint density at radius 3 is 2.60 bits per heavy atom. The quantitative estimate of drug-likeness (QED) is 0.778. The number of nitrogens with zero attached hydrogens (tertiary/aromatic N) is 1. The third-order valence-electron chi connectivity index (χ3n) is 3.01. The Bertz CT molecular complexity index is 283. The van der Waals surface area contributed by atoms with Crippen molar-refractivity contribution in [2.45, 2.75) is 31.5 Å². The molecule has 2 atom stereocenters. The summed E-state index contributed by atoms with van der Waals surface area (Å²) in [7, 11) is 0. The van der Waals surface area contributed by atoms with Gasteiger partial charge in [-0.1, -0.05) is 22.9 Å². The molecule has 0 spiro atoms. The van der Waals surface area contributed by atoms with E-state index in [9.17, 15) is 9.59 Å². The standard InChI is InChI=1S/C10H17BrN2O2/c1-3-7(11)8(14)13-5-4-10(2,6-13)9(12)15/h7H,3-6H2,1-2H3,(H2,12,15). The first-order valence-corrected chi connectivity index (χ1v) is 6.05. The highest BCUT2D eigenvalue weighted by molar-refractivity contribution is 9.10. The zero-order valence-corrected chi connectivity index (χ0v) is 10.7. The highest BCUT2D eigenvalue weighted by Gasteiger charge is 2.41. The van der Waals surface area contributed by atoms with Gasteiger partial charge in [0.05, 0.1) is 10.2 Å². The van der Waals surface area contributed by atoms with Crippen LogP contribution in [-0.2, 0) is 9.59 Å². The summed E-state index contributed by atoms with van der Waals surface area (Å²) in [5.41, 5.74) is 4.77. The summed E-state index contributed by atoms with van der Waals surface area (Å²) in [5, 5.41) is 0. The van der Waals surface area contributed by atoms with E-state index >= 15 is 0 Å². The lowest BCUT2D eigenvalue weighted by Crippen LogP contribution is -2.40. The monoisotopic (exact) mass is 276 g/mol. The van der Waals surface area contributed by atoms with Gasteiger partial charge in [-0.25, -0.2) is 0 Å². The highest BCUT2D eigenvalue weighted by Crippen LogP contribution is 2.30. The number of carbonyl (C=O) groups excluding carboxylic acids is 2. The van der Waals surface area contributed by atoms with Gasteiger partial charge in [0.25, 0.3) is 0 Å². The number of amides is 2. The molecular formula is C10H17BrN2O2. The van der Waals surface area contributed by atoms with Crippen LogP contribution in [0.1, 0.15) is 26.7 Å². The van der Waals surface area contributed by atoms with Crippen LogP contribution in [0.15, 0.2) is 0 Å². The molecule has 0 aliphatic carbocycles. The first-order valence-electron chi connectivity index (χ1n) is 5.13. The van der Waals surface area contributed by atoms with Crippen molar-refractivity contribution >= 4 is 27.7 Å². The molecule has 15 heavy (non-hydrogen) atoms. The number of likely N-dealkylation sites (tertiary alicyclic amines) is 1. The zero-order chi connectivity index (χ0) is 11.6. The van der Waals surface area contributed by atoms with Gasteiger partial charge in [-0.2, -0.15) is 0 Å². The molecule has 0 aromatic heterocycles. The van der Waals surface area contributed by atoms with Gasteiger partial charge < -0.3 is 10.6 Å². The number of primary amides is 1. The van der Waals surface area contributed by atoms with E-state index in [4.69, 9.17) is 5.73 Å². The van der Waals surface area contributed by atoms with E-state index in [0.29, 0.717) is 19.5 Å². The number of hydrogen-bond donors (Lipinski definition) is 1. The van der Waals surface area contributed by atoms with Crippen molar-refractivity contribution in [1.29, 1.82) is 0 Å². The second-order valence-electron chi connectivity index (χ2n) is 4.31. The fourth-order valence-electron chi connectivity index (χ4n) is 1.72. The second kappa shape index (κ2) is 4.51. The Kier molecular flexibility index (Phi) is 3.76. The van der Waals surface area contributed by atoms with Gasteiger partial charge in [-0.3, -0.25) is 9.59 Å². The first kappa shape index (κ1) is 12.5. The van der Waals surface area contributed by atoms with E-state index in [-0.39, 0.29) is 16.6 Å². The Balaban J connectivity index is 2.64. The van der Waals surface area contributed by atoms with Gasteiger partial charge >= 0.3 is 0 Å². The summed E-state index contributed by atoms with van der Waals surface area (Å²) in [6.07, 6.45) is 1.42. The Hall–Kier alpha value is -0.580. The van der Waals surface area contributed by atoms with E-state index in [1.54, 1.807) is 4.90 Å². The predicted molar refractivity (Wildman–Crippen MR) is 61.5 cm³/mol. The third kappa shape index (κ3) is 2.51. The predicted octanol–water partition coefficient (Wildman–Crippen LogP) is 0.884. The molecule has 0 saturated carbocycles. The molecular weight excluding hydrogens is 260 g/mol. The summed E-state index contributed by atoms with van der Waals surface area (Å²) in [6.45, 7) is 4.84. The van der Waals surface area contributed by atoms with Crippen LogP contribution in [0.4, 0.5) is 0 Å². The molecule has 0 bridgehead atoms. The fourth-order valence-corrected chi connectivity index (χ4v) is 2.01. The molecule has 5 heteroatoms. The maximum atomic E-state index is 11.8. The van der Waals surface area contributed by atoms with E-state index in [1.165, 1.54) is 0 Å². The molecule has 2 amide bonds. The molecule has 1 saturated heterocycles. The Morgan fingerprint density at radius 1 is 1.60 bits per heavy atom. The van der Waals surface area contributed by atoms with Crippen LogP contribution in [0.2, 0.25) is 0 Å². The van der Waals surface area contributed by atoms with Crippen molar-refractivity contribution in [3.8, 4) is 0 Å². The van der Waals surface area contributed by atoms with Gasteiger partial charge in [0.2, 0.25) is 11.8 Å². The largest absolute Gasteiger partial charge is 0.369 e. The lowest BCUT2D eigenvalue weighted by atomic mass is 9.89. The molecule has 0 radical (unpaired) electrons. The van der Waals surface area contributed by atoms with Gasteiger partial charge in [0.15, 0.2) is 0 Å². The minimum absolute atomic E-state index is 0.0578. The van der Waals surface area contributed by atoms with Crippen molar-refractivity contribution in [2.24, 2.45) is 11.1 Å². The van der Waals surface area contributed by atoms with Gasteiger partial charge in [-0.15, -0.1) is 0 Å².